The molecule has 1 aliphatic rings. The van der Waals surface area contributed by atoms with E-state index in [-0.39, 0.29) is 0 Å². The second kappa shape index (κ2) is 5.27. The number of fused-ring (bicyclic) bond motifs is 3. The summed E-state index contributed by atoms with van der Waals surface area (Å²) in [5.41, 5.74) is 8.97. The molecule has 1 heteroatoms. The van der Waals surface area contributed by atoms with E-state index in [1.807, 2.05) is 6.21 Å². The predicted octanol–water partition coefficient (Wildman–Crippen LogP) is 5.32. The van der Waals surface area contributed by atoms with E-state index in [0.29, 0.717) is 0 Å². The minimum Gasteiger partial charge on any atom is -0.256 e. The summed E-state index contributed by atoms with van der Waals surface area (Å²) in [7, 11) is 0. The molecule has 106 valence electrons. The van der Waals surface area contributed by atoms with Crippen LogP contribution in [-0.4, -0.2) is 6.21 Å². The van der Waals surface area contributed by atoms with Crippen molar-refractivity contribution in [3.63, 3.8) is 0 Å². The van der Waals surface area contributed by atoms with Crippen molar-refractivity contribution in [2.75, 3.05) is 0 Å². The predicted molar refractivity (Wildman–Crippen MR) is 93.1 cm³/mol. The van der Waals surface area contributed by atoms with Gasteiger partial charge in [-0.3, -0.25) is 4.99 Å². The van der Waals surface area contributed by atoms with Crippen molar-refractivity contribution in [2.24, 2.45) is 4.99 Å². The van der Waals surface area contributed by atoms with Gasteiger partial charge in [0.05, 0.1) is 5.69 Å². The fourth-order valence-corrected chi connectivity index (χ4v) is 3.03. The van der Waals surface area contributed by atoms with Gasteiger partial charge in [-0.1, -0.05) is 54.1 Å². The lowest BCUT2D eigenvalue weighted by Gasteiger charge is -2.02. The number of benzene rings is 3. The molecule has 0 saturated heterocycles. The van der Waals surface area contributed by atoms with E-state index in [1.165, 1.54) is 27.8 Å². The Morgan fingerprint density at radius 3 is 2.45 bits per heavy atom. The fraction of sp³-hybridized carbons (Fsp3) is 0.0952. The summed E-state index contributed by atoms with van der Waals surface area (Å²) in [4.78, 5) is 4.57. The molecule has 0 amide bonds. The second-order valence-electron chi connectivity index (χ2n) is 5.84. The van der Waals surface area contributed by atoms with Crippen LogP contribution in [0.4, 0.5) is 5.69 Å². The Bertz CT molecular complexity index is 857. The lowest BCUT2D eigenvalue weighted by Crippen LogP contribution is -1.86. The van der Waals surface area contributed by atoms with Gasteiger partial charge in [-0.05, 0) is 59.4 Å². The average Bonchev–Trinajstić information content (AvgIpc) is 2.92. The minimum absolute atomic E-state index is 0.995. The highest BCUT2D eigenvalue weighted by Gasteiger charge is 2.17. The first kappa shape index (κ1) is 13.0. The van der Waals surface area contributed by atoms with E-state index in [9.17, 15) is 0 Å². The lowest BCUT2D eigenvalue weighted by atomic mass is 10.0. The van der Waals surface area contributed by atoms with Crippen LogP contribution in [0.1, 0.15) is 22.3 Å². The molecule has 0 spiro atoms. The molecule has 0 saturated carbocycles. The van der Waals surface area contributed by atoms with Crippen molar-refractivity contribution in [3.05, 3.63) is 89.0 Å². The third kappa shape index (κ3) is 2.35. The van der Waals surface area contributed by atoms with Crippen molar-refractivity contribution in [3.8, 4) is 11.1 Å². The molecule has 0 atom stereocenters. The van der Waals surface area contributed by atoms with E-state index in [1.54, 1.807) is 0 Å². The number of aliphatic imine (C=N–C) groups is 1. The summed E-state index contributed by atoms with van der Waals surface area (Å²) < 4.78 is 0. The molecule has 22 heavy (non-hydrogen) atoms. The highest BCUT2D eigenvalue weighted by molar-refractivity contribution is 5.86. The zero-order valence-electron chi connectivity index (χ0n) is 12.6. The Hall–Kier alpha value is -2.67. The molecular formula is C21H17N. The van der Waals surface area contributed by atoms with Crippen LogP contribution in [0.5, 0.6) is 0 Å². The molecule has 0 aromatic heterocycles. The zero-order chi connectivity index (χ0) is 14.9. The molecule has 0 unspecified atom stereocenters. The largest absolute Gasteiger partial charge is 0.256 e. The van der Waals surface area contributed by atoms with Crippen molar-refractivity contribution in [1.29, 1.82) is 0 Å². The van der Waals surface area contributed by atoms with Crippen LogP contribution in [0.2, 0.25) is 0 Å². The van der Waals surface area contributed by atoms with Gasteiger partial charge in [0.15, 0.2) is 0 Å². The van der Waals surface area contributed by atoms with Gasteiger partial charge in [-0.15, -0.1) is 0 Å². The molecule has 1 aliphatic carbocycles. The van der Waals surface area contributed by atoms with Crippen LogP contribution < -0.4 is 0 Å². The van der Waals surface area contributed by atoms with Crippen molar-refractivity contribution in [2.45, 2.75) is 13.3 Å². The molecule has 0 radical (unpaired) electrons. The van der Waals surface area contributed by atoms with E-state index in [4.69, 9.17) is 0 Å². The quantitative estimate of drug-likeness (QED) is 0.442. The second-order valence-corrected chi connectivity index (χ2v) is 5.84. The normalized spacial score (nSPS) is 12.4. The van der Waals surface area contributed by atoms with Crippen LogP contribution in [0.25, 0.3) is 11.1 Å². The zero-order valence-corrected chi connectivity index (χ0v) is 12.6. The Labute approximate surface area is 131 Å². The molecule has 3 aromatic carbocycles. The van der Waals surface area contributed by atoms with E-state index in [0.717, 1.165) is 17.7 Å². The number of aryl methyl sites for hydroxylation is 1. The monoisotopic (exact) mass is 283 g/mol. The molecule has 0 fully saturated rings. The molecule has 3 aromatic rings. The summed E-state index contributed by atoms with van der Waals surface area (Å²) in [5.74, 6) is 0. The van der Waals surface area contributed by atoms with Gasteiger partial charge in [0.1, 0.15) is 0 Å². The van der Waals surface area contributed by atoms with Gasteiger partial charge < -0.3 is 0 Å². The van der Waals surface area contributed by atoms with Crippen LogP contribution in [0.3, 0.4) is 0 Å². The Balaban J connectivity index is 1.63. The number of hydrogen-bond donors (Lipinski definition) is 0. The summed E-state index contributed by atoms with van der Waals surface area (Å²) >= 11 is 0. The fourth-order valence-electron chi connectivity index (χ4n) is 3.03. The van der Waals surface area contributed by atoms with Crippen molar-refractivity contribution >= 4 is 11.9 Å². The average molecular weight is 283 g/mol. The molecule has 1 nitrogen and oxygen atoms in total. The van der Waals surface area contributed by atoms with Crippen LogP contribution in [-0.2, 0) is 6.42 Å². The summed E-state index contributed by atoms with van der Waals surface area (Å²) in [6, 6.07) is 23.6. The maximum absolute atomic E-state index is 4.57. The highest BCUT2D eigenvalue weighted by Crippen LogP contribution is 2.36. The minimum atomic E-state index is 0.995. The van der Waals surface area contributed by atoms with E-state index >= 15 is 0 Å². The first-order chi connectivity index (χ1) is 10.8. The topological polar surface area (TPSA) is 12.4 Å². The molecule has 0 aliphatic heterocycles. The smallest absolute Gasteiger partial charge is 0.0630 e. The highest BCUT2D eigenvalue weighted by atomic mass is 14.7. The van der Waals surface area contributed by atoms with Crippen LogP contribution in [0.15, 0.2) is 71.7 Å². The lowest BCUT2D eigenvalue weighted by molar-refractivity contribution is 1.26. The van der Waals surface area contributed by atoms with Gasteiger partial charge in [0.2, 0.25) is 0 Å². The summed E-state index contributed by atoms with van der Waals surface area (Å²) in [5, 5.41) is 0. The summed E-state index contributed by atoms with van der Waals surface area (Å²) in [6.07, 6.45) is 2.98. The van der Waals surface area contributed by atoms with Gasteiger partial charge in [-0.25, -0.2) is 0 Å². The third-order valence-electron chi connectivity index (χ3n) is 4.21. The number of nitrogens with zero attached hydrogens (tertiary/aromatic N) is 1. The van der Waals surface area contributed by atoms with Gasteiger partial charge in [-0.2, -0.15) is 0 Å². The molecule has 0 heterocycles. The molecular weight excluding hydrogens is 266 g/mol. The summed E-state index contributed by atoms with van der Waals surface area (Å²) in [6.45, 7) is 2.09. The Kier molecular flexibility index (Phi) is 3.12. The SMILES string of the molecule is Cc1ccc(N=Cc2ccc3c(c2)Cc2ccccc2-3)cc1. The Morgan fingerprint density at radius 2 is 1.59 bits per heavy atom. The van der Waals surface area contributed by atoms with Gasteiger partial charge >= 0.3 is 0 Å². The maximum atomic E-state index is 4.57. The number of hydrogen-bond acceptors (Lipinski definition) is 1. The van der Waals surface area contributed by atoms with Gasteiger partial charge in [0, 0.05) is 6.21 Å². The van der Waals surface area contributed by atoms with E-state index in [2.05, 4.69) is 78.6 Å². The molecule has 0 N–H and O–H groups in total. The number of rotatable bonds is 2. The molecule has 4 rings (SSSR count). The maximum Gasteiger partial charge on any atom is 0.0630 e. The van der Waals surface area contributed by atoms with Crippen molar-refractivity contribution < 1.29 is 0 Å². The van der Waals surface area contributed by atoms with Gasteiger partial charge in [0.25, 0.3) is 0 Å². The van der Waals surface area contributed by atoms with E-state index < -0.39 is 0 Å². The Morgan fingerprint density at radius 1 is 0.818 bits per heavy atom. The first-order valence-electron chi connectivity index (χ1n) is 7.61. The van der Waals surface area contributed by atoms with Crippen LogP contribution >= 0.6 is 0 Å². The van der Waals surface area contributed by atoms with Crippen LogP contribution in [0, 0.1) is 6.92 Å². The third-order valence-corrected chi connectivity index (χ3v) is 4.21. The standard InChI is InChI=1S/C21H17N/c1-15-6-9-19(10-7-15)22-14-16-8-11-21-18(12-16)13-17-4-2-3-5-20(17)21/h2-12,14H,13H2,1H3. The first-order valence-corrected chi connectivity index (χ1v) is 7.61. The van der Waals surface area contributed by atoms with Crippen molar-refractivity contribution in [1.82, 2.24) is 0 Å². The molecule has 0 bridgehead atoms.